The zero-order chi connectivity index (χ0) is 20.6. The summed E-state index contributed by atoms with van der Waals surface area (Å²) in [4.78, 5) is 16.9. The predicted octanol–water partition coefficient (Wildman–Crippen LogP) is 3.69. The van der Waals surface area contributed by atoms with Crippen LogP contribution in [0.15, 0.2) is 78.9 Å². The Bertz CT molecular complexity index is 965. The highest BCUT2D eigenvalue weighted by molar-refractivity contribution is 5.92. The summed E-state index contributed by atoms with van der Waals surface area (Å²) in [7, 11) is 0. The van der Waals surface area contributed by atoms with Crippen molar-refractivity contribution in [1.29, 1.82) is 0 Å². The Morgan fingerprint density at radius 1 is 0.867 bits per heavy atom. The average molecular weight is 399 g/mol. The van der Waals surface area contributed by atoms with Crippen molar-refractivity contribution in [1.82, 2.24) is 20.0 Å². The molecule has 0 saturated carbocycles. The smallest absolute Gasteiger partial charge is 0.274 e. The third-order valence-electron chi connectivity index (χ3n) is 5.06. The maximum atomic E-state index is 12.7. The molecule has 1 N–H and O–H groups in total. The summed E-state index contributed by atoms with van der Waals surface area (Å²) in [6.45, 7) is 3.99. The Labute approximate surface area is 176 Å². The van der Waals surface area contributed by atoms with Gasteiger partial charge in [0.1, 0.15) is 0 Å². The van der Waals surface area contributed by atoms with Gasteiger partial charge in [-0.25, -0.2) is 0 Å². The van der Waals surface area contributed by atoms with Gasteiger partial charge in [0.25, 0.3) is 5.91 Å². The van der Waals surface area contributed by atoms with Crippen molar-refractivity contribution in [3.8, 4) is 0 Å². The summed E-state index contributed by atoms with van der Waals surface area (Å²) in [5, 5.41) is 11.4. The zero-order valence-corrected chi connectivity index (χ0v) is 16.8. The van der Waals surface area contributed by atoms with Crippen LogP contribution in [0.25, 0.3) is 6.08 Å². The molecule has 6 heteroatoms. The SMILES string of the molecule is O=C(c1ccc(Nc2ccccc2)nn1)N1CCN(C/C=C/c2ccccc2)CC1. The number of anilines is 2. The molecule has 1 amide bonds. The van der Waals surface area contributed by atoms with Gasteiger partial charge in [-0.1, -0.05) is 60.7 Å². The van der Waals surface area contributed by atoms with Crippen LogP contribution in [0.2, 0.25) is 0 Å². The molecule has 30 heavy (non-hydrogen) atoms. The molecule has 1 aliphatic heterocycles. The minimum Gasteiger partial charge on any atom is -0.339 e. The van der Waals surface area contributed by atoms with E-state index in [1.54, 1.807) is 12.1 Å². The Balaban J connectivity index is 1.26. The van der Waals surface area contributed by atoms with Gasteiger partial charge >= 0.3 is 0 Å². The number of nitrogens with one attached hydrogen (secondary N) is 1. The molecule has 1 aliphatic rings. The number of para-hydroxylation sites is 1. The molecule has 1 fully saturated rings. The van der Waals surface area contributed by atoms with E-state index in [-0.39, 0.29) is 5.91 Å². The van der Waals surface area contributed by atoms with Gasteiger partial charge < -0.3 is 10.2 Å². The molecule has 0 spiro atoms. The quantitative estimate of drug-likeness (QED) is 0.685. The van der Waals surface area contributed by atoms with Crippen molar-refractivity contribution in [2.45, 2.75) is 0 Å². The first kappa shape index (κ1) is 19.8. The number of carbonyl (C=O) groups is 1. The fourth-order valence-electron chi connectivity index (χ4n) is 3.38. The minimum absolute atomic E-state index is 0.0618. The molecule has 1 saturated heterocycles. The first-order valence-corrected chi connectivity index (χ1v) is 10.2. The first-order chi connectivity index (χ1) is 14.8. The molecular weight excluding hydrogens is 374 g/mol. The minimum atomic E-state index is -0.0618. The Morgan fingerprint density at radius 2 is 1.57 bits per heavy atom. The molecule has 0 bridgehead atoms. The topological polar surface area (TPSA) is 61.4 Å². The van der Waals surface area contributed by atoms with Crippen LogP contribution in [0.4, 0.5) is 11.5 Å². The fourth-order valence-corrected chi connectivity index (χ4v) is 3.38. The predicted molar refractivity (Wildman–Crippen MR) is 120 cm³/mol. The number of nitrogens with zero attached hydrogens (tertiary/aromatic N) is 4. The molecule has 0 atom stereocenters. The van der Waals surface area contributed by atoms with Crippen molar-refractivity contribution in [2.75, 3.05) is 38.0 Å². The van der Waals surface area contributed by atoms with E-state index in [0.29, 0.717) is 24.6 Å². The lowest BCUT2D eigenvalue weighted by Crippen LogP contribution is -2.48. The monoisotopic (exact) mass is 399 g/mol. The second-order valence-corrected chi connectivity index (χ2v) is 7.20. The van der Waals surface area contributed by atoms with E-state index >= 15 is 0 Å². The molecule has 0 unspecified atom stereocenters. The molecule has 0 aliphatic carbocycles. The van der Waals surface area contributed by atoms with Crippen LogP contribution in [0.3, 0.4) is 0 Å². The van der Waals surface area contributed by atoms with E-state index < -0.39 is 0 Å². The van der Waals surface area contributed by atoms with Crippen molar-refractivity contribution in [3.05, 3.63) is 90.1 Å². The molecular formula is C24H25N5O. The van der Waals surface area contributed by atoms with Crippen molar-refractivity contribution in [2.24, 2.45) is 0 Å². The van der Waals surface area contributed by atoms with Gasteiger partial charge in [0, 0.05) is 38.4 Å². The third kappa shape index (κ3) is 5.30. The van der Waals surface area contributed by atoms with Gasteiger partial charge in [-0.05, 0) is 29.8 Å². The molecule has 4 rings (SSSR count). The van der Waals surface area contributed by atoms with E-state index in [4.69, 9.17) is 0 Å². The van der Waals surface area contributed by atoms with Crippen LogP contribution >= 0.6 is 0 Å². The highest BCUT2D eigenvalue weighted by Gasteiger charge is 2.22. The molecule has 2 heterocycles. The molecule has 152 valence electrons. The largest absolute Gasteiger partial charge is 0.339 e. The Kier molecular flexibility index (Phi) is 6.47. The third-order valence-corrected chi connectivity index (χ3v) is 5.06. The maximum absolute atomic E-state index is 12.7. The standard InChI is InChI=1S/C24H25N5O/c30-24(22-13-14-23(27-26-22)25-21-11-5-2-6-12-21)29-18-16-28(17-19-29)15-7-10-20-8-3-1-4-9-20/h1-14H,15-19H2,(H,25,27)/b10-7+. The first-order valence-electron chi connectivity index (χ1n) is 10.2. The van der Waals surface area contributed by atoms with Crippen LogP contribution < -0.4 is 5.32 Å². The highest BCUT2D eigenvalue weighted by Crippen LogP contribution is 2.14. The summed E-state index contributed by atoms with van der Waals surface area (Å²) in [6.07, 6.45) is 4.31. The number of piperazine rings is 1. The van der Waals surface area contributed by atoms with Crippen molar-refractivity contribution in [3.63, 3.8) is 0 Å². The van der Waals surface area contributed by atoms with Gasteiger partial charge in [-0.3, -0.25) is 9.69 Å². The highest BCUT2D eigenvalue weighted by atomic mass is 16.2. The summed E-state index contributed by atoms with van der Waals surface area (Å²) >= 11 is 0. The molecule has 3 aromatic rings. The van der Waals surface area contributed by atoms with E-state index in [9.17, 15) is 4.79 Å². The summed E-state index contributed by atoms with van der Waals surface area (Å²) < 4.78 is 0. The van der Waals surface area contributed by atoms with Crippen LogP contribution in [0.1, 0.15) is 16.1 Å². The fraction of sp³-hybridized carbons (Fsp3) is 0.208. The van der Waals surface area contributed by atoms with Crippen LogP contribution in [0, 0.1) is 0 Å². The van der Waals surface area contributed by atoms with Gasteiger partial charge in [0.2, 0.25) is 0 Å². The Morgan fingerprint density at radius 3 is 2.23 bits per heavy atom. The van der Waals surface area contributed by atoms with Crippen molar-refractivity contribution < 1.29 is 4.79 Å². The summed E-state index contributed by atoms with van der Waals surface area (Å²) in [6, 6.07) is 23.6. The van der Waals surface area contributed by atoms with Gasteiger partial charge in [-0.15, -0.1) is 10.2 Å². The van der Waals surface area contributed by atoms with E-state index in [1.165, 1.54) is 5.56 Å². The molecule has 6 nitrogen and oxygen atoms in total. The number of hydrogen-bond acceptors (Lipinski definition) is 5. The van der Waals surface area contributed by atoms with Gasteiger partial charge in [0.15, 0.2) is 11.5 Å². The number of hydrogen-bond donors (Lipinski definition) is 1. The average Bonchev–Trinajstić information content (AvgIpc) is 2.81. The van der Waals surface area contributed by atoms with Gasteiger partial charge in [-0.2, -0.15) is 0 Å². The lowest BCUT2D eigenvalue weighted by molar-refractivity contribution is 0.0643. The van der Waals surface area contributed by atoms with Crippen LogP contribution in [-0.2, 0) is 0 Å². The van der Waals surface area contributed by atoms with Gasteiger partial charge in [0.05, 0.1) is 0 Å². The molecule has 0 radical (unpaired) electrons. The number of rotatable bonds is 6. The number of amides is 1. The normalized spacial score (nSPS) is 14.7. The van der Waals surface area contributed by atoms with Crippen LogP contribution in [-0.4, -0.2) is 58.6 Å². The number of benzene rings is 2. The Hall–Kier alpha value is -3.51. The van der Waals surface area contributed by atoms with E-state index in [2.05, 4.69) is 44.7 Å². The summed E-state index contributed by atoms with van der Waals surface area (Å²) in [5.74, 6) is 0.556. The second kappa shape index (κ2) is 9.80. The van der Waals surface area contributed by atoms with Crippen LogP contribution in [0.5, 0.6) is 0 Å². The molecule has 1 aromatic heterocycles. The number of carbonyl (C=O) groups excluding carboxylic acids is 1. The van der Waals surface area contributed by atoms with E-state index in [0.717, 1.165) is 25.3 Å². The van der Waals surface area contributed by atoms with E-state index in [1.807, 2.05) is 53.4 Å². The summed E-state index contributed by atoms with van der Waals surface area (Å²) in [5.41, 5.74) is 2.52. The lowest BCUT2D eigenvalue weighted by Gasteiger charge is -2.33. The number of aromatic nitrogens is 2. The zero-order valence-electron chi connectivity index (χ0n) is 16.8. The lowest BCUT2D eigenvalue weighted by atomic mass is 10.2. The van der Waals surface area contributed by atoms with Crippen molar-refractivity contribution >= 4 is 23.5 Å². The second-order valence-electron chi connectivity index (χ2n) is 7.20. The maximum Gasteiger partial charge on any atom is 0.274 e. The molecule has 2 aromatic carbocycles.